The number of likely N-dealkylation sites (tertiary alicyclic amines) is 6. The van der Waals surface area contributed by atoms with E-state index in [2.05, 4.69) is 292 Å². The van der Waals surface area contributed by atoms with Crippen molar-refractivity contribution in [2.75, 3.05) is 84.7 Å². The number of hydrogen-bond acceptors (Lipinski definition) is 9. The number of benzene rings is 4. The van der Waals surface area contributed by atoms with E-state index in [1.165, 1.54) is 288 Å². The number of nitrogens with zero attached hydrogens (tertiary/aromatic N) is 10. The van der Waals surface area contributed by atoms with Gasteiger partial charge in [0.2, 0.25) is 0 Å². The SMILES string of the molecule is CC1CC2CCCC2N1C.CC1CC2CCCCC2CN1C.CC1CC2CCCCC2N1C.CC1CC2CCCCC2N1C.CC1CCC2CCCCC2N1C.CC1CCC2CCCCC2N1C.CC1CCc2ccccc2N1C.CC1CCc2ccccc2N1C.CC1Cc2ccccc2N1C.Cc1cc2ccccc2n1C. The zero-order valence-corrected chi connectivity index (χ0v) is 77.1. The molecule has 10 heteroatoms. The first-order chi connectivity index (χ1) is 54.9. The van der Waals surface area contributed by atoms with Crippen LogP contribution in [-0.2, 0) is 26.3 Å². The van der Waals surface area contributed by atoms with E-state index in [1.54, 1.807) is 0 Å². The number of anilines is 3. The predicted octanol–water partition coefficient (Wildman–Crippen LogP) is 23.7. The molecule has 12 fully saturated rings. The molecular formula is C104H172N10. The zero-order valence-electron chi connectivity index (χ0n) is 77.1. The van der Waals surface area contributed by atoms with Crippen molar-refractivity contribution in [1.82, 2.24) is 34.0 Å². The summed E-state index contributed by atoms with van der Waals surface area (Å²) < 4.78 is 2.20. The third-order valence-corrected chi connectivity index (χ3v) is 33.5. The number of aromatic nitrogens is 1. The molecule has 10 heterocycles. The van der Waals surface area contributed by atoms with Crippen molar-refractivity contribution in [2.24, 2.45) is 48.5 Å². The maximum Gasteiger partial charge on any atom is 0.0479 e. The van der Waals surface area contributed by atoms with Gasteiger partial charge >= 0.3 is 0 Å². The van der Waals surface area contributed by atoms with E-state index < -0.39 is 0 Å². The highest BCUT2D eigenvalue weighted by Crippen LogP contribution is 2.44. The van der Waals surface area contributed by atoms with Crippen molar-refractivity contribution in [3.8, 4) is 0 Å². The molecule has 638 valence electrons. The van der Waals surface area contributed by atoms with Crippen LogP contribution in [-0.4, -0.2) is 189 Å². The van der Waals surface area contributed by atoms with Crippen LogP contribution in [0.3, 0.4) is 0 Å². The van der Waals surface area contributed by atoms with E-state index >= 15 is 0 Å². The Morgan fingerprint density at radius 3 is 1.02 bits per heavy atom. The largest absolute Gasteiger partial charge is 0.372 e. The van der Waals surface area contributed by atoms with Crippen LogP contribution in [0.15, 0.2) is 103 Å². The third kappa shape index (κ3) is 23.4. The molecule has 1 aromatic heterocycles. The smallest absolute Gasteiger partial charge is 0.0479 e. The van der Waals surface area contributed by atoms with E-state index in [4.69, 9.17) is 0 Å². The van der Waals surface area contributed by atoms with Crippen molar-refractivity contribution >= 4 is 28.0 Å². The fraction of sp³-hybridized carbons (Fsp3) is 0.750. The Kier molecular flexibility index (Phi) is 34.6. The average molecular weight is 1560 g/mol. The molecule has 21 unspecified atom stereocenters. The Hall–Kier alpha value is -4.42. The Labute approximate surface area is 701 Å². The summed E-state index contributed by atoms with van der Waals surface area (Å²) in [5.74, 6) is 7.34. The highest BCUT2D eigenvalue weighted by Gasteiger charge is 2.42. The normalized spacial score (nSPS) is 34.8. The first-order valence-corrected chi connectivity index (χ1v) is 48.1. The number of likely N-dealkylation sites (N-methyl/N-ethyl adjacent to an activating group) is 1. The molecule has 9 aliphatic heterocycles. The molecule has 0 amide bonds. The summed E-state index contributed by atoms with van der Waals surface area (Å²) >= 11 is 0. The molecule has 0 bridgehead atoms. The second kappa shape index (κ2) is 43.7. The van der Waals surface area contributed by atoms with Crippen molar-refractivity contribution < 1.29 is 0 Å². The zero-order chi connectivity index (χ0) is 81.3. The van der Waals surface area contributed by atoms with Crippen molar-refractivity contribution in [2.45, 2.75) is 385 Å². The second-order valence-electron chi connectivity index (χ2n) is 40.4. The Balaban J connectivity index is 0.000000125. The summed E-state index contributed by atoms with van der Waals surface area (Å²) in [5.41, 5.74) is 11.3. The average Bonchev–Trinajstić information content (AvgIpc) is 0.966. The summed E-state index contributed by atoms with van der Waals surface area (Å²) in [6.07, 6.45) is 52.1. The quantitative estimate of drug-likeness (QED) is 0.151. The van der Waals surface area contributed by atoms with E-state index in [0.717, 1.165) is 108 Å². The first kappa shape index (κ1) is 90.3. The summed E-state index contributed by atoms with van der Waals surface area (Å²) in [6.45, 7) is 24.6. The van der Waals surface area contributed by atoms with Crippen molar-refractivity contribution in [1.29, 1.82) is 0 Å². The van der Waals surface area contributed by atoms with E-state index in [-0.39, 0.29) is 0 Å². The van der Waals surface area contributed by atoms with Crippen molar-refractivity contribution in [3.05, 3.63) is 126 Å². The van der Waals surface area contributed by atoms with Crippen LogP contribution in [0, 0.1) is 48.3 Å². The van der Waals surface area contributed by atoms with Gasteiger partial charge in [-0.05, 0) is 359 Å². The molecule has 21 atom stereocenters. The molecule has 10 nitrogen and oxygen atoms in total. The molecular weight excluding hydrogens is 1390 g/mol. The van der Waals surface area contributed by atoms with Gasteiger partial charge in [0.25, 0.3) is 0 Å². The summed E-state index contributed by atoms with van der Waals surface area (Å²) in [7, 11) is 22.5. The van der Waals surface area contributed by atoms with Gasteiger partial charge in [0.05, 0.1) is 0 Å². The molecule has 6 saturated carbocycles. The number of rotatable bonds is 0. The van der Waals surface area contributed by atoms with Gasteiger partial charge in [-0.25, -0.2) is 0 Å². The van der Waals surface area contributed by atoms with Crippen LogP contribution >= 0.6 is 0 Å². The number of fused-ring (bicyclic) bond motifs is 10. The van der Waals surface area contributed by atoms with Gasteiger partial charge < -0.3 is 48.7 Å². The minimum atomic E-state index is 0.674. The fourth-order valence-corrected chi connectivity index (χ4v) is 24.6. The molecule has 0 spiro atoms. The second-order valence-corrected chi connectivity index (χ2v) is 40.4. The molecule has 0 radical (unpaired) electrons. The first-order valence-electron chi connectivity index (χ1n) is 48.1. The number of hydrogen-bond donors (Lipinski definition) is 0. The molecule has 6 saturated heterocycles. The van der Waals surface area contributed by atoms with Crippen LogP contribution in [0.5, 0.6) is 0 Å². The van der Waals surface area contributed by atoms with E-state index in [0.29, 0.717) is 18.1 Å². The maximum absolute atomic E-state index is 2.63. The molecule has 6 aliphatic carbocycles. The number of para-hydroxylation sites is 4. The van der Waals surface area contributed by atoms with Crippen LogP contribution in [0.4, 0.5) is 17.1 Å². The van der Waals surface area contributed by atoms with Crippen molar-refractivity contribution in [3.63, 3.8) is 0 Å². The van der Waals surface area contributed by atoms with E-state index in [9.17, 15) is 0 Å². The summed E-state index contributed by atoms with van der Waals surface area (Å²) in [5, 5.41) is 1.33. The molecule has 114 heavy (non-hydrogen) atoms. The summed E-state index contributed by atoms with van der Waals surface area (Å²) in [4.78, 5) is 22.7. The Bertz CT molecular complexity index is 3440. The lowest BCUT2D eigenvalue weighted by Gasteiger charge is -2.45. The Morgan fingerprint density at radius 2 is 0.588 bits per heavy atom. The van der Waals surface area contributed by atoms with Gasteiger partial charge in [0.15, 0.2) is 0 Å². The molecule has 4 aromatic carbocycles. The molecule has 20 rings (SSSR count). The van der Waals surface area contributed by atoms with Crippen LogP contribution < -0.4 is 14.7 Å². The highest BCUT2D eigenvalue weighted by molar-refractivity contribution is 5.81. The van der Waals surface area contributed by atoms with Gasteiger partial charge in [-0.15, -0.1) is 0 Å². The third-order valence-electron chi connectivity index (χ3n) is 33.5. The Morgan fingerprint density at radius 1 is 0.263 bits per heavy atom. The monoisotopic (exact) mass is 1560 g/mol. The summed E-state index contributed by atoms with van der Waals surface area (Å²) in [6, 6.07) is 48.5. The minimum absolute atomic E-state index is 0.674. The molecule has 5 aromatic rings. The van der Waals surface area contributed by atoms with Crippen LogP contribution in [0.2, 0.25) is 0 Å². The number of piperidine rings is 3. The van der Waals surface area contributed by atoms with Gasteiger partial charge in [-0.3, -0.25) is 0 Å². The molecule has 15 aliphatic rings. The maximum atomic E-state index is 2.63. The fourth-order valence-electron chi connectivity index (χ4n) is 24.6. The lowest BCUT2D eigenvalue weighted by Crippen LogP contribution is -2.48. The van der Waals surface area contributed by atoms with Gasteiger partial charge in [-0.2, -0.15) is 0 Å². The lowest BCUT2D eigenvalue weighted by molar-refractivity contribution is 0.0447. The standard InChI is InChI=1S/3C11H21N.2C11H15N.2C10H19N.C10H13N.C10H11N.C9H17N/c1-9-7-10-5-3-4-6-11(10)8-12(9)2;4*1-9-7-8-10-5-3-4-6-11(10)12(9)2;4*1-8-7-9-5-3-4-6-10(9)11(8)2;1-7-6-8-4-3-5-9(8)10(7)2/h3*9-11H,3-8H2,1-2H3;2*3-6,9H,7-8H2,1-2H3;2*8-10H,3-7H2,1-2H3;3-6,8H,7H2,1-2H3;3-7H,1-2H3;7-9H,3-6H2,1-2H3. The highest BCUT2D eigenvalue weighted by atomic mass is 15.2. The predicted molar refractivity (Wildman–Crippen MR) is 496 cm³/mol. The van der Waals surface area contributed by atoms with Gasteiger partial charge in [0, 0.05) is 148 Å². The van der Waals surface area contributed by atoms with Gasteiger partial charge in [-0.1, -0.05) is 150 Å². The topological polar surface area (TPSA) is 34.1 Å². The molecule has 0 N–H and O–H groups in total. The number of aryl methyl sites for hydroxylation is 4. The van der Waals surface area contributed by atoms with Crippen LogP contribution in [0.1, 0.15) is 297 Å². The van der Waals surface area contributed by atoms with E-state index in [1.807, 2.05) is 0 Å². The minimum Gasteiger partial charge on any atom is -0.372 e. The van der Waals surface area contributed by atoms with Gasteiger partial charge in [0.1, 0.15) is 0 Å². The lowest BCUT2D eigenvalue weighted by atomic mass is 9.73. The van der Waals surface area contributed by atoms with Crippen LogP contribution in [0.25, 0.3) is 10.9 Å².